The second-order valence-electron chi connectivity index (χ2n) is 7.94. The molecule has 0 amide bonds. The third-order valence-electron chi connectivity index (χ3n) is 5.93. The van der Waals surface area contributed by atoms with Gasteiger partial charge in [0, 0.05) is 17.8 Å². The second-order valence-corrected chi connectivity index (χ2v) is 10.9. The molecule has 2 aromatic carbocycles. The minimum absolute atomic E-state index is 0.189. The maximum absolute atomic E-state index is 12.9. The summed E-state index contributed by atoms with van der Waals surface area (Å²) in [6.07, 6.45) is 0.703. The number of carbonyl (C=O) groups excluding carboxylic acids is 2. The minimum atomic E-state index is -3.64. The number of ketones is 1. The van der Waals surface area contributed by atoms with Crippen molar-refractivity contribution in [2.75, 3.05) is 26.8 Å². The van der Waals surface area contributed by atoms with Crippen LogP contribution in [0.1, 0.15) is 28.1 Å². The van der Waals surface area contributed by atoms with Gasteiger partial charge in [-0.3, -0.25) is 9.59 Å². The predicted octanol–water partition coefficient (Wildman–Crippen LogP) is 4.05. The quantitative estimate of drug-likeness (QED) is 0.369. The molecule has 1 aliphatic rings. The standard InChI is InChI=1S/C24H25NO6S2/c1-16-20-5-3-4-6-22(20)32-23(16)21(26)15-31-24(27)17-11-13-25(14-12-17)33(28,29)19-9-7-18(30-2)8-10-19/h3-10,17H,11-15H2,1-2H3. The summed E-state index contributed by atoms with van der Waals surface area (Å²) in [7, 11) is -2.12. The number of piperidine rings is 1. The van der Waals surface area contributed by atoms with Crippen molar-refractivity contribution >= 4 is 43.2 Å². The van der Waals surface area contributed by atoms with Gasteiger partial charge in [-0.1, -0.05) is 18.2 Å². The normalized spacial score (nSPS) is 15.5. The molecule has 1 aliphatic heterocycles. The zero-order chi connectivity index (χ0) is 23.6. The Kier molecular flexibility index (Phi) is 6.83. The number of hydrogen-bond donors (Lipinski definition) is 0. The topological polar surface area (TPSA) is 90.0 Å². The summed E-state index contributed by atoms with van der Waals surface area (Å²) < 4.78 is 38.5. The smallest absolute Gasteiger partial charge is 0.309 e. The van der Waals surface area contributed by atoms with E-state index in [1.165, 1.54) is 34.9 Å². The van der Waals surface area contributed by atoms with Crippen molar-refractivity contribution in [2.24, 2.45) is 5.92 Å². The van der Waals surface area contributed by atoms with Crippen LogP contribution < -0.4 is 4.74 Å². The van der Waals surface area contributed by atoms with Gasteiger partial charge in [0.2, 0.25) is 15.8 Å². The molecule has 1 saturated heterocycles. The van der Waals surface area contributed by atoms with Crippen molar-refractivity contribution in [3.8, 4) is 5.75 Å². The van der Waals surface area contributed by atoms with E-state index < -0.39 is 21.9 Å². The molecule has 0 unspecified atom stereocenters. The first-order valence-corrected chi connectivity index (χ1v) is 12.9. The SMILES string of the molecule is COc1ccc(S(=O)(=O)N2CCC(C(=O)OCC(=O)c3sc4ccccc4c3C)CC2)cc1. The van der Waals surface area contributed by atoms with Crippen LogP contribution in [0.15, 0.2) is 53.4 Å². The molecule has 3 aromatic rings. The van der Waals surface area contributed by atoms with Crippen molar-refractivity contribution in [2.45, 2.75) is 24.7 Å². The number of esters is 1. The van der Waals surface area contributed by atoms with Crippen molar-refractivity contribution in [3.63, 3.8) is 0 Å². The molecular formula is C24H25NO6S2. The highest BCUT2D eigenvalue weighted by Gasteiger charge is 2.33. The van der Waals surface area contributed by atoms with E-state index in [-0.39, 0.29) is 30.4 Å². The molecule has 0 aliphatic carbocycles. The number of fused-ring (bicyclic) bond motifs is 1. The third kappa shape index (κ3) is 4.80. The van der Waals surface area contributed by atoms with Gasteiger partial charge in [0.15, 0.2) is 6.61 Å². The molecule has 0 N–H and O–H groups in total. The van der Waals surface area contributed by atoms with Crippen LogP contribution in [-0.2, 0) is 19.6 Å². The Bertz CT molecular complexity index is 1270. The number of aryl methyl sites for hydroxylation is 1. The van der Waals surface area contributed by atoms with Crippen LogP contribution in [0.5, 0.6) is 5.75 Å². The first kappa shape index (κ1) is 23.4. The average Bonchev–Trinajstić information content (AvgIpc) is 3.19. The van der Waals surface area contributed by atoms with E-state index in [4.69, 9.17) is 9.47 Å². The Hall–Kier alpha value is -2.75. The minimum Gasteiger partial charge on any atom is -0.497 e. The number of hydrogen-bond acceptors (Lipinski definition) is 7. The molecule has 1 aromatic heterocycles. The summed E-state index contributed by atoms with van der Waals surface area (Å²) in [6, 6.07) is 14.0. The van der Waals surface area contributed by atoms with E-state index in [1.807, 2.05) is 31.2 Å². The lowest BCUT2D eigenvalue weighted by Crippen LogP contribution is -2.40. The zero-order valence-electron chi connectivity index (χ0n) is 18.4. The number of methoxy groups -OCH3 is 1. The van der Waals surface area contributed by atoms with Crippen molar-refractivity contribution in [3.05, 3.63) is 59.0 Å². The Balaban J connectivity index is 1.32. The maximum Gasteiger partial charge on any atom is 0.309 e. The van der Waals surface area contributed by atoms with Gasteiger partial charge in [0.05, 0.1) is 22.8 Å². The highest BCUT2D eigenvalue weighted by Crippen LogP contribution is 2.31. The molecule has 0 atom stereocenters. The lowest BCUT2D eigenvalue weighted by molar-refractivity contribution is -0.148. The molecule has 0 spiro atoms. The lowest BCUT2D eigenvalue weighted by Gasteiger charge is -2.30. The summed E-state index contributed by atoms with van der Waals surface area (Å²) in [5, 5.41) is 1.03. The summed E-state index contributed by atoms with van der Waals surface area (Å²) in [4.78, 5) is 26.0. The van der Waals surface area contributed by atoms with Crippen LogP contribution in [-0.4, -0.2) is 51.3 Å². The zero-order valence-corrected chi connectivity index (χ0v) is 20.1. The Morgan fingerprint density at radius 1 is 1.06 bits per heavy atom. The molecule has 2 heterocycles. The van der Waals surface area contributed by atoms with Gasteiger partial charge in [-0.05, 0) is 61.0 Å². The molecular weight excluding hydrogens is 462 g/mol. The van der Waals surface area contributed by atoms with Gasteiger partial charge >= 0.3 is 5.97 Å². The molecule has 7 nitrogen and oxygen atoms in total. The van der Waals surface area contributed by atoms with Gasteiger partial charge < -0.3 is 9.47 Å². The van der Waals surface area contributed by atoms with E-state index in [0.717, 1.165) is 15.6 Å². The molecule has 1 fully saturated rings. The summed E-state index contributed by atoms with van der Waals surface area (Å²) in [6.45, 7) is 2.03. The van der Waals surface area contributed by atoms with Crippen LogP contribution in [0, 0.1) is 12.8 Å². The first-order valence-electron chi connectivity index (χ1n) is 10.6. The number of carbonyl (C=O) groups is 2. The lowest BCUT2D eigenvalue weighted by atomic mass is 9.98. The van der Waals surface area contributed by atoms with Crippen LogP contribution in [0.3, 0.4) is 0 Å². The van der Waals surface area contributed by atoms with E-state index in [1.54, 1.807) is 12.1 Å². The summed E-state index contributed by atoms with van der Waals surface area (Å²) >= 11 is 1.40. The fourth-order valence-corrected chi connectivity index (χ4v) is 6.59. The summed E-state index contributed by atoms with van der Waals surface area (Å²) in [5.41, 5.74) is 0.897. The molecule has 0 saturated carbocycles. The third-order valence-corrected chi connectivity index (χ3v) is 9.15. The van der Waals surface area contributed by atoms with E-state index in [9.17, 15) is 18.0 Å². The Morgan fingerprint density at radius 2 is 1.73 bits per heavy atom. The predicted molar refractivity (Wildman–Crippen MR) is 126 cm³/mol. The molecule has 33 heavy (non-hydrogen) atoms. The van der Waals surface area contributed by atoms with E-state index in [0.29, 0.717) is 23.5 Å². The highest BCUT2D eigenvalue weighted by atomic mass is 32.2. The highest BCUT2D eigenvalue weighted by molar-refractivity contribution is 7.89. The Morgan fingerprint density at radius 3 is 2.36 bits per heavy atom. The van der Waals surface area contributed by atoms with Crippen molar-refractivity contribution in [1.29, 1.82) is 0 Å². The number of sulfonamides is 1. The van der Waals surface area contributed by atoms with Gasteiger partial charge in [-0.2, -0.15) is 4.31 Å². The van der Waals surface area contributed by atoms with Crippen LogP contribution in [0.4, 0.5) is 0 Å². The van der Waals surface area contributed by atoms with Crippen LogP contribution >= 0.6 is 11.3 Å². The van der Waals surface area contributed by atoms with Gasteiger partial charge in [-0.25, -0.2) is 8.42 Å². The summed E-state index contributed by atoms with van der Waals surface area (Å²) in [5.74, 6) is -0.524. The molecule has 9 heteroatoms. The number of rotatable bonds is 7. The largest absolute Gasteiger partial charge is 0.497 e. The van der Waals surface area contributed by atoms with Crippen LogP contribution in [0.25, 0.3) is 10.1 Å². The number of ether oxygens (including phenoxy) is 2. The first-order chi connectivity index (χ1) is 15.8. The molecule has 0 bridgehead atoms. The number of Topliss-reactive ketones (excluding diaryl/α,β-unsaturated/α-hetero) is 1. The van der Waals surface area contributed by atoms with Crippen molar-refractivity contribution in [1.82, 2.24) is 4.31 Å². The Labute approximate surface area is 197 Å². The number of nitrogens with zero attached hydrogens (tertiary/aromatic N) is 1. The fraction of sp³-hybridized carbons (Fsp3) is 0.333. The number of benzene rings is 2. The number of thiophene rings is 1. The fourth-order valence-electron chi connectivity index (χ4n) is 3.99. The molecule has 4 rings (SSSR count). The monoisotopic (exact) mass is 487 g/mol. The molecule has 174 valence electrons. The maximum atomic E-state index is 12.9. The van der Waals surface area contributed by atoms with Gasteiger partial charge in [-0.15, -0.1) is 11.3 Å². The second kappa shape index (κ2) is 9.62. The molecule has 0 radical (unpaired) electrons. The van der Waals surface area contributed by atoms with Crippen molar-refractivity contribution < 1.29 is 27.5 Å². The van der Waals surface area contributed by atoms with E-state index in [2.05, 4.69) is 0 Å². The van der Waals surface area contributed by atoms with E-state index >= 15 is 0 Å². The van der Waals surface area contributed by atoms with Gasteiger partial charge in [0.25, 0.3) is 0 Å². The van der Waals surface area contributed by atoms with Crippen LogP contribution in [0.2, 0.25) is 0 Å². The average molecular weight is 488 g/mol. The van der Waals surface area contributed by atoms with Gasteiger partial charge in [0.1, 0.15) is 5.75 Å².